The zero-order valence-corrected chi connectivity index (χ0v) is 28.5. The third-order valence-corrected chi connectivity index (χ3v) is 10.3. The summed E-state index contributed by atoms with van der Waals surface area (Å²) in [6.07, 6.45) is 3.27. The van der Waals surface area contributed by atoms with Crippen molar-refractivity contribution in [2.45, 2.75) is 45.6 Å². The summed E-state index contributed by atoms with van der Waals surface area (Å²) in [5.74, 6) is -0.377. The number of carbonyl (C=O) groups is 3. The maximum atomic E-state index is 15.7. The van der Waals surface area contributed by atoms with Crippen molar-refractivity contribution in [3.63, 3.8) is 0 Å². The molecule has 3 aliphatic heterocycles. The fraction of sp³-hybridized carbons (Fsp3) is 0.351. The van der Waals surface area contributed by atoms with E-state index in [9.17, 15) is 14.4 Å². The molecule has 254 valence electrons. The van der Waals surface area contributed by atoms with Gasteiger partial charge in [-0.15, -0.1) is 11.3 Å². The van der Waals surface area contributed by atoms with Crippen LogP contribution in [-0.2, 0) is 15.9 Å². The predicted molar refractivity (Wildman–Crippen MR) is 188 cm³/mol. The highest BCUT2D eigenvalue weighted by molar-refractivity contribution is 7.19. The van der Waals surface area contributed by atoms with Gasteiger partial charge < -0.3 is 24.6 Å². The minimum atomic E-state index is -0.729. The van der Waals surface area contributed by atoms with Crippen molar-refractivity contribution in [2.24, 2.45) is 5.41 Å². The first-order valence-corrected chi connectivity index (χ1v) is 17.2. The van der Waals surface area contributed by atoms with Crippen LogP contribution in [0.15, 0.2) is 66.9 Å². The number of pyridine rings is 1. The maximum absolute atomic E-state index is 15.7. The molecule has 7 rings (SSSR count). The van der Waals surface area contributed by atoms with Gasteiger partial charge in [0.1, 0.15) is 16.4 Å². The second kappa shape index (κ2) is 12.9. The van der Waals surface area contributed by atoms with E-state index < -0.39 is 17.5 Å². The van der Waals surface area contributed by atoms with Gasteiger partial charge in [-0.1, -0.05) is 18.2 Å². The summed E-state index contributed by atoms with van der Waals surface area (Å²) < 4.78 is 26.5. The third-order valence-electron chi connectivity index (χ3n) is 9.15. The Hall–Kier alpha value is -4.81. The molecule has 12 heteroatoms. The van der Waals surface area contributed by atoms with E-state index >= 15 is 4.39 Å². The van der Waals surface area contributed by atoms with Crippen LogP contribution >= 0.6 is 11.3 Å². The molecule has 0 radical (unpaired) electrons. The van der Waals surface area contributed by atoms with Gasteiger partial charge in [-0.3, -0.25) is 14.9 Å². The number of fused-ring (bicyclic) bond motifs is 3. The summed E-state index contributed by atoms with van der Waals surface area (Å²) in [5, 5.41) is 5.59. The van der Waals surface area contributed by atoms with Gasteiger partial charge in [0, 0.05) is 71.7 Å². The number of halogens is 1. The average molecular weight is 684 g/mol. The number of anilines is 4. The number of amides is 3. The third kappa shape index (κ3) is 6.62. The Bertz CT molecular complexity index is 1910. The molecular weight excluding hydrogens is 646 g/mol. The number of carbonyl (C=O) groups excluding carboxylic acids is 3. The van der Waals surface area contributed by atoms with Gasteiger partial charge in [0.15, 0.2) is 5.82 Å². The standard InChI is InChI=1S/C37H38FN5O5S/c1-36(2,3)48-35(46)41-33-29(38)26-14-18-43(28-9-5-4-7-25(28)30(26)49-33)34(45)23-10-12-24(13-11-23)40-32(44)27-8-6-17-39-31(27)42-21-37(22-42)15-19-47-20-16-37/h4-13,17H,14-16,18-22H2,1-3H3,(H,40,44)(H,41,46). The zero-order valence-electron chi connectivity index (χ0n) is 27.7. The predicted octanol–water partition coefficient (Wildman–Crippen LogP) is 7.37. The topological polar surface area (TPSA) is 113 Å². The second-order valence-corrected chi connectivity index (χ2v) is 14.8. The number of aromatic nitrogens is 1. The van der Waals surface area contributed by atoms with E-state index in [0.717, 1.165) is 50.5 Å². The summed E-state index contributed by atoms with van der Waals surface area (Å²) in [6.45, 7) is 8.72. The molecule has 4 aromatic rings. The van der Waals surface area contributed by atoms with Crippen LogP contribution in [0.4, 0.5) is 31.4 Å². The molecule has 2 aromatic heterocycles. The monoisotopic (exact) mass is 683 g/mol. The van der Waals surface area contributed by atoms with E-state index in [1.807, 2.05) is 24.3 Å². The van der Waals surface area contributed by atoms with Gasteiger partial charge in [0.2, 0.25) is 0 Å². The Morgan fingerprint density at radius 1 is 0.980 bits per heavy atom. The maximum Gasteiger partial charge on any atom is 0.412 e. The van der Waals surface area contributed by atoms with Gasteiger partial charge in [0.05, 0.1) is 11.3 Å². The molecule has 5 heterocycles. The Labute approximate surface area is 288 Å². The minimum Gasteiger partial charge on any atom is -0.444 e. The molecule has 0 aliphatic carbocycles. The first-order chi connectivity index (χ1) is 23.5. The molecule has 3 amide bonds. The van der Waals surface area contributed by atoms with Crippen LogP contribution in [-0.4, -0.2) is 61.3 Å². The van der Waals surface area contributed by atoms with E-state index in [2.05, 4.69) is 20.5 Å². The highest BCUT2D eigenvalue weighted by atomic mass is 32.1. The van der Waals surface area contributed by atoms with Crippen molar-refractivity contribution in [2.75, 3.05) is 53.3 Å². The molecule has 3 aliphatic rings. The van der Waals surface area contributed by atoms with E-state index in [1.165, 1.54) is 0 Å². The van der Waals surface area contributed by atoms with Gasteiger partial charge in [-0.05, 0) is 82.5 Å². The number of rotatable bonds is 5. The molecule has 2 N–H and O–H groups in total. The second-order valence-electron chi connectivity index (χ2n) is 13.8. The molecule has 49 heavy (non-hydrogen) atoms. The van der Waals surface area contributed by atoms with E-state index in [1.54, 1.807) is 68.3 Å². The molecule has 2 saturated heterocycles. The fourth-order valence-corrected chi connectivity index (χ4v) is 7.88. The van der Waals surface area contributed by atoms with Crippen LogP contribution < -0.4 is 20.4 Å². The Morgan fingerprint density at radius 2 is 1.71 bits per heavy atom. The summed E-state index contributed by atoms with van der Waals surface area (Å²) in [5.41, 5.74) is 2.76. The number of nitrogens with one attached hydrogen (secondary N) is 2. The van der Waals surface area contributed by atoms with Gasteiger partial charge >= 0.3 is 6.09 Å². The lowest BCUT2D eigenvalue weighted by Crippen LogP contribution is -2.59. The van der Waals surface area contributed by atoms with Crippen LogP contribution in [0.5, 0.6) is 0 Å². The Balaban J connectivity index is 1.05. The number of para-hydroxylation sites is 1. The quantitative estimate of drug-likeness (QED) is 0.226. The molecule has 1 spiro atoms. The van der Waals surface area contributed by atoms with Gasteiger partial charge in [-0.2, -0.15) is 0 Å². The van der Waals surface area contributed by atoms with E-state index in [0.29, 0.717) is 44.3 Å². The SMILES string of the molecule is CC(C)(C)OC(=O)Nc1sc2c(c1F)CCN(C(=O)c1ccc(NC(=O)c3cccnc3N3CC4(CCOCC4)C3)cc1)c1ccccc1-2. The number of nitrogens with zero attached hydrogens (tertiary/aromatic N) is 3. The number of benzene rings is 2. The Morgan fingerprint density at radius 3 is 2.45 bits per heavy atom. The van der Waals surface area contributed by atoms with Crippen LogP contribution in [0.25, 0.3) is 10.4 Å². The van der Waals surface area contributed by atoms with Crippen LogP contribution in [0.3, 0.4) is 0 Å². The van der Waals surface area contributed by atoms with Crippen molar-refractivity contribution < 1.29 is 28.2 Å². The Kier molecular flexibility index (Phi) is 8.62. The van der Waals surface area contributed by atoms with Crippen molar-refractivity contribution in [1.29, 1.82) is 0 Å². The first kappa shape index (κ1) is 32.7. The van der Waals surface area contributed by atoms with E-state index in [-0.39, 0.29) is 35.2 Å². The number of hydrogen-bond donors (Lipinski definition) is 2. The molecule has 0 atom stereocenters. The molecular formula is C37H38FN5O5S. The summed E-state index contributed by atoms with van der Waals surface area (Å²) in [6, 6.07) is 17.7. The molecule has 2 fully saturated rings. The molecule has 0 saturated carbocycles. The van der Waals surface area contributed by atoms with Gasteiger partial charge in [-0.25, -0.2) is 14.2 Å². The molecule has 2 aromatic carbocycles. The lowest BCUT2D eigenvalue weighted by atomic mass is 9.73. The normalized spacial score (nSPS) is 16.6. The molecule has 10 nitrogen and oxygen atoms in total. The smallest absolute Gasteiger partial charge is 0.412 e. The van der Waals surface area contributed by atoms with Crippen molar-refractivity contribution >= 4 is 51.4 Å². The van der Waals surface area contributed by atoms with Crippen LogP contribution in [0.1, 0.15) is 59.9 Å². The summed E-state index contributed by atoms with van der Waals surface area (Å²) in [7, 11) is 0. The van der Waals surface area contributed by atoms with Crippen LogP contribution in [0, 0.1) is 11.2 Å². The fourth-order valence-electron chi connectivity index (χ4n) is 6.73. The highest BCUT2D eigenvalue weighted by Crippen LogP contribution is 2.46. The summed E-state index contributed by atoms with van der Waals surface area (Å²) in [4.78, 5) is 48.7. The van der Waals surface area contributed by atoms with E-state index in [4.69, 9.17) is 9.47 Å². The summed E-state index contributed by atoms with van der Waals surface area (Å²) >= 11 is 1.12. The van der Waals surface area contributed by atoms with Crippen LogP contribution in [0.2, 0.25) is 0 Å². The lowest BCUT2D eigenvalue weighted by molar-refractivity contribution is -0.000511. The van der Waals surface area contributed by atoms with Crippen molar-refractivity contribution in [3.05, 3.63) is 89.4 Å². The van der Waals surface area contributed by atoms with Crippen molar-refractivity contribution in [1.82, 2.24) is 4.98 Å². The van der Waals surface area contributed by atoms with Crippen molar-refractivity contribution in [3.8, 4) is 10.4 Å². The zero-order chi connectivity index (χ0) is 34.3. The average Bonchev–Trinajstić information content (AvgIpc) is 3.27. The number of ether oxygens (including phenoxy) is 2. The number of hydrogen-bond acceptors (Lipinski definition) is 8. The largest absolute Gasteiger partial charge is 0.444 e. The molecule has 0 bridgehead atoms. The molecule has 0 unspecified atom stereocenters. The minimum absolute atomic E-state index is 0.0815. The highest BCUT2D eigenvalue weighted by Gasteiger charge is 2.45. The van der Waals surface area contributed by atoms with Gasteiger partial charge in [0.25, 0.3) is 11.8 Å². The lowest BCUT2D eigenvalue weighted by Gasteiger charge is -2.53. The number of thiophene rings is 1. The first-order valence-electron chi connectivity index (χ1n) is 16.4.